The minimum atomic E-state index is -0.237. The van der Waals surface area contributed by atoms with Crippen LogP contribution in [0.1, 0.15) is 51.4 Å². The molecule has 2 aliphatic rings. The van der Waals surface area contributed by atoms with Crippen LogP contribution < -0.4 is 0 Å². The minimum absolute atomic E-state index is 0.237. The molecule has 2 rings (SSSR count). The second-order valence-electron chi connectivity index (χ2n) is 4.43. The molecule has 0 amide bonds. The van der Waals surface area contributed by atoms with E-state index in [4.69, 9.17) is 0 Å². The van der Waals surface area contributed by atoms with E-state index < -0.39 is 0 Å². The molecule has 0 aromatic rings. The highest BCUT2D eigenvalue weighted by molar-refractivity contribution is 4.88. The predicted molar refractivity (Wildman–Crippen MR) is 45.4 cm³/mol. The van der Waals surface area contributed by atoms with Crippen LogP contribution in [0.2, 0.25) is 0 Å². The lowest BCUT2D eigenvalue weighted by atomic mass is 9.77. The first-order chi connectivity index (χ1) is 5.29. The molecule has 11 heavy (non-hydrogen) atoms. The smallest absolute Gasteiger partial charge is 0.0650 e. The first kappa shape index (κ1) is 7.60. The topological polar surface area (TPSA) is 20.2 Å². The maximum Gasteiger partial charge on any atom is 0.0650 e. The number of fused-ring (bicyclic) bond motifs is 2. The summed E-state index contributed by atoms with van der Waals surface area (Å²) in [6, 6.07) is 0. The maximum atomic E-state index is 10.1. The molecule has 0 aliphatic heterocycles. The van der Waals surface area contributed by atoms with Crippen molar-refractivity contribution < 1.29 is 5.11 Å². The molecule has 0 radical (unpaired) electrons. The van der Waals surface area contributed by atoms with Crippen molar-refractivity contribution in [2.45, 2.75) is 57.0 Å². The molecule has 1 N–H and O–H groups in total. The number of hydrogen-bond acceptors (Lipinski definition) is 1. The van der Waals surface area contributed by atoms with Crippen molar-refractivity contribution in [2.75, 3.05) is 0 Å². The highest BCUT2D eigenvalue weighted by atomic mass is 16.3. The van der Waals surface area contributed by atoms with Gasteiger partial charge in [0.25, 0.3) is 0 Å². The third kappa shape index (κ3) is 1.58. The van der Waals surface area contributed by atoms with Crippen molar-refractivity contribution >= 4 is 0 Å². The van der Waals surface area contributed by atoms with Gasteiger partial charge in [0, 0.05) is 0 Å². The van der Waals surface area contributed by atoms with Gasteiger partial charge in [0.05, 0.1) is 5.60 Å². The minimum Gasteiger partial charge on any atom is -0.390 e. The zero-order valence-electron chi connectivity index (χ0n) is 7.18. The summed E-state index contributed by atoms with van der Waals surface area (Å²) < 4.78 is 0. The van der Waals surface area contributed by atoms with E-state index >= 15 is 0 Å². The summed E-state index contributed by atoms with van der Waals surface area (Å²) in [5.41, 5.74) is -0.237. The van der Waals surface area contributed by atoms with Crippen LogP contribution >= 0.6 is 0 Å². The Balaban J connectivity index is 2.07. The van der Waals surface area contributed by atoms with E-state index in [0.717, 1.165) is 25.2 Å². The second kappa shape index (κ2) is 2.78. The molecule has 2 aliphatic carbocycles. The summed E-state index contributed by atoms with van der Waals surface area (Å²) in [6.07, 6.45) is 9.88. The van der Waals surface area contributed by atoms with Gasteiger partial charge in [-0.3, -0.25) is 0 Å². The number of aliphatic hydroxyl groups is 1. The zero-order valence-corrected chi connectivity index (χ0v) is 7.18. The van der Waals surface area contributed by atoms with Crippen LogP contribution in [0.5, 0.6) is 0 Å². The molecule has 64 valence electrons. The van der Waals surface area contributed by atoms with Crippen LogP contribution in [0.25, 0.3) is 0 Å². The highest BCUT2D eigenvalue weighted by Gasteiger charge is 2.35. The van der Waals surface area contributed by atoms with Crippen LogP contribution in [0.3, 0.4) is 0 Å². The third-order valence-electron chi connectivity index (χ3n) is 3.43. The summed E-state index contributed by atoms with van der Waals surface area (Å²) in [6.45, 7) is 0. The Bertz CT molecular complexity index is 144. The van der Waals surface area contributed by atoms with E-state index in [2.05, 4.69) is 0 Å². The summed E-state index contributed by atoms with van der Waals surface area (Å²) >= 11 is 0. The summed E-state index contributed by atoms with van der Waals surface area (Å²) in [4.78, 5) is 0. The normalized spacial score (nSPS) is 45.0. The van der Waals surface area contributed by atoms with E-state index in [0.29, 0.717) is 0 Å². The molecular weight excluding hydrogens is 136 g/mol. The molecular formula is C10H18O. The molecule has 2 unspecified atom stereocenters. The lowest BCUT2D eigenvalue weighted by molar-refractivity contribution is -0.0160. The molecule has 2 saturated carbocycles. The van der Waals surface area contributed by atoms with Gasteiger partial charge in [0.1, 0.15) is 0 Å². The lowest BCUT2D eigenvalue weighted by Gasteiger charge is -2.34. The Morgan fingerprint density at radius 3 is 2.64 bits per heavy atom. The molecule has 1 heteroatoms. The quantitative estimate of drug-likeness (QED) is 0.568. The molecule has 0 aromatic carbocycles. The fraction of sp³-hybridized carbons (Fsp3) is 1.00. The van der Waals surface area contributed by atoms with Crippen molar-refractivity contribution in [1.29, 1.82) is 0 Å². The Morgan fingerprint density at radius 2 is 1.73 bits per heavy atom. The molecule has 0 saturated heterocycles. The molecule has 2 atom stereocenters. The van der Waals surface area contributed by atoms with E-state index in [1.807, 2.05) is 0 Å². The average Bonchev–Trinajstić information content (AvgIpc) is 2.09. The number of rotatable bonds is 0. The van der Waals surface area contributed by atoms with Crippen molar-refractivity contribution in [3.63, 3.8) is 0 Å². The maximum absolute atomic E-state index is 10.1. The Morgan fingerprint density at radius 1 is 1.00 bits per heavy atom. The van der Waals surface area contributed by atoms with Gasteiger partial charge < -0.3 is 5.11 Å². The van der Waals surface area contributed by atoms with Gasteiger partial charge in [-0.1, -0.05) is 32.1 Å². The summed E-state index contributed by atoms with van der Waals surface area (Å²) in [7, 11) is 0. The third-order valence-corrected chi connectivity index (χ3v) is 3.43. The SMILES string of the molecule is OC12CCCCC(CCC1)C2. The second-order valence-corrected chi connectivity index (χ2v) is 4.43. The van der Waals surface area contributed by atoms with Gasteiger partial charge >= 0.3 is 0 Å². The fourth-order valence-electron chi connectivity index (χ4n) is 2.82. The van der Waals surface area contributed by atoms with Gasteiger partial charge in [0.2, 0.25) is 0 Å². The Labute approximate surface area is 68.8 Å². The van der Waals surface area contributed by atoms with Gasteiger partial charge in [-0.25, -0.2) is 0 Å². The van der Waals surface area contributed by atoms with E-state index in [1.54, 1.807) is 0 Å². The van der Waals surface area contributed by atoms with Crippen LogP contribution in [-0.4, -0.2) is 10.7 Å². The van der Waals surface area contributed by atoms with E-state index in [-0.39, 0.29) is 5.60 Å². The monoisotopic (exact) mass is 154 g/mol. The Kier molecular flexibility index (Phi) is 1.92. The van der Waals surface area contributed by atoms with Crippen LogP contribution in [0.15, 0.2) is 0 Å². The standard InChI is InChI=1S/C10H18O/c11-10-6-2-1-4-9(8-10)5-3-7-10/h9,11H,1-8H2. The zero-order chi connectivity index (χ0) is 7.73. The highest BCUT2D eigenvalue weighted by Crippen LogP contribution is 2.40. The molecule has 2 fully saturated rings. The van der Waals surface area contributed by atoms with Crippen LogP contribution in [0, 0.1) is 5.92 Å². The first-order valence-corrected chi connectivity index (χ1v) is 5.01. The molecule has 2 bridgehead atoms. The molecule has 0 heterocycles. The lowest BCUT2D eigenvalue weighted by Crippen LogP contribution is -2.33. The largest absolute Gasteiger partial charge is 0.390 e. The summed E-state index contributed by atoms with van der Waals surface area (Å²) in [5, 5.41) is 10.1. The Hall–Kier alpha value is -0.0400. The molecule has 0 aromatic heterocycles. The van der Waals surface area contributed by atoms with Gasteiger partial charge in [0.15, 0.2) is 0 Å². The van der Waals surface area contributed by atoms with Crippen molar-refractivity contribution in [3.8, 4) is 0 Å². The number of hydrogen-bond donors (Lipinski definition) is 1. The van der Waals surface area contributed by atoms with Crippen LogP contribution in [0.4, 0.5) is 0 Å². The van der Waals surface area contributed by atoms with Crippen LogP contribution in [-0.2, 0) is 0 Å². The fourth-order valence-corrected chi connectivity index (χ4v) is 2.82. The van der Waals surface area contributed by atoms with Gasteiger partial charge in [-0.05, 0) is 25.2 Å². The molecule has 1 nitrogen and oxygen atoms in total. The van der Waals surface area contributed by atoms with Crippen molar-refractivity contribution in [2.24, 2.45) is 5.92 Å². The van der Waals surface area contributed by atoms with Gasteiger partial charge in [-0.2, -0.15) is 0 Å². The first-order valence-electron chi connectivity index (χ1n) is 5.01. The molecule has 0 spiro atoms. The van der Waals surface area contributed by atoms with E-state index in [1.165, 1.54) is 32.1 Å². The van der Waals surface area contributed by atoms with E-state index in [9.17, 15) is 5.11 Å². The van der Waals surface area contributed by atoms with Crippen molar-refractivity contribution in [3.05, 3.63) is 0 Å². The summed E-state index contributed by atoms with van der Waals surface area (Å²) in [5.74, 6) is 0.858. The average molecular weight is 154 g/mol. The van der Waals surface area contributed by atoms with Crippen molar-refractivity contribution in [1.82, 2.24) is 0 Å². The predicted octanol–water partition coefficient (Wildman–Crippen LogP) is 2.48. The van der Waals surface area contributed by atoms with Gasteiger partial charge in [-0.15, -0.1) is 0 Å².